The molecule has 0 saturated heterocycles. The monoisotopic (exact) mass is 425 g/mol. The average Bonchev–Trinajstić information content (AvgIpc) is 2.75. The summed E-state index contributed by atoms with van der Waals surface area (Å²) in [4.78, 5) is 22.1. The molecule has 3 rings (SSSR count). The van der Waals surface area contributed by atoms with Crippen molar-refractivity contribution in [3.8, 4) is 0 Å². The first-order valence-corrected chi connectivity index (χ1v) is 10.3. The number of nitrogens with one attached hydrogen (secondary N) is 1. The third-order valence-corrected chi connectivity index (χ3v) is 5.08. The molecule has 1 heterocycles. The van der Waals surface area contributed by atoms with E-state index in [0.29, 0.717) is 11.6 Å². The first kappa shape index (κ1) is 21.5. The Balaban J connectivity index is 1.89. The van der Waals surface area contributed by atoms with Gasteiger partial charge in [0.1, 0.15) is 10.8 Å². The van der Waals surface area contributed by atoms with Gasteiger partial charge in [-0.05, 0) is 44.4 Å². The fraction of sp³-hybridized carbons (Fsp3) is 0.273. The average molecular weight is 426 g/mol. The fourth-order valence-electron chi connectivity index (χ4n) is 3.15. The summed E-state index contributed by atoms with van der Waals surface area (Å²) in [6.07, 6.45) is 1.62. The van der Waals surface area contributed by atoms with Gasteiger partial charge >= 0.3 is 0 Å². The molecule has 0 saturated carbocycles. The largest absolute Gasteiger partial charge is 0.357 e. The molecule has 0 radical (unpaired) electrons. The van der Waals surface area contributed by atoms with Gasteiger partial charge in [-0.15, -0.1) is 0 Å². The molecule has 0 aliphatic rings. The molecule has 0 spiro atoms. The van der Waals surface area contributed by atoms with Crippen molar-refractivity contribution in [2.45, 2.75) is 26.7 Å². The van der Waals surface area contributed by atoms with Gasteiger partial charge in [0.2, 0.25) is 5.95 Å². The molecule has 3 aromatic rings. The standard InChI is InChI=1S/C22H24ClN5O2/c1-3-27(4-2)21-15-18(11-10-16-8-6-5-7-9-16)25-22(26-21)24-17-12-13-19(23)20(14-17)28(29)30/h5-9,12-15H,3-4,10-11H2,1-2H3,(H,24,25,26). The van der Waals surface area contributed by atoms with Crippen LogP contribution in [-0.4, -0.2) is 28.0 Å². The zero-order valence-electron chi connectivity index (χ0n) is 17.0. The van der Waals surface area contributed by atoms with Gasteiger partial charge in [-0.1, -0.05) is 41.9 Å². The number of hydrogen-bond acceptors (Lipinski definition) is 6. The van der Waals surface area contributed by atoms with Gasteiger partial charge in [-0.2, -0.15) is 4.98 Å². The van der Waals surface area contributed by atoms with Crippen LogP contribution in [0.2, 0.25) is 5.02 Å². The van der Waals surface area contributed by atoms with E-state index in [-0.39, 0.29) is 10.7 Å². The lowest BCUT2D eigenvalue weighted by Gasteiger charge is -2.21. The first-order chi connectivity index (χ1) is 14.5. The number of halogens is 1. The van der Waals surface area contributed by atoms with Crippen molar-refractivity contribution >= 4 is 34.7 Å². The van der Waals surface area contributed by atoms with E-state index in [1.54, 1.807) is 6.07 Å². The molecule has 8 heteroatoms. The lowest BCUT2D eigenvalue weighted by Crippen LogP contribution is -2.23. The predicted molar refractivity (Wildman–Crippen MR) is 121 cm³/mol. The quantitative estimate of drug-likeness (QED) is 0.364. The lowest BCUT2D eigenvalue weighted by molar-refractivity contribution is -0.384. The molecular weight excluding hydrogens is 402 g/mol. The zero-order chi connectivity index (χ0) is 21.5. The minimum Gasteiger partial charge on any atom is -0.357 e. The summed E-state index contributed by atoms with van der Waals surface area (Å²) in [5, 5.41) is 14.4. The fourth-order valence-corrected chi connectivity index (χ4v) is 3.34. The Hall–Kier alpha value is -3.19. The lowest BCUT2D eigenvalue weighted by atomic mass is 10.1. The van der Waals surface area contributed by atoms with Gasteiger partial charge in [0.05, 0.1) is 4.92 Å². The van der Waals surface area contributed by atoms with Crippen LogP contribution in [0.3, 0.4) is 0 Å². The van der Waals surface area contributed by atoms with Crippen molar-refractivity contribution in [2.75, 3.05) is 23.3 Å². The maximum Gasteiger partial charge on any atom is 0.289 e. The van der Waals surface area contributed by atoms with Gasteiger partial charge in [0.15, 0.2) is 0 Å². The van der Waals surface area contributed by atoms with Gasteiger partial charge in [0.25, 0.3) is 5.69 Å². The third-order valence-electron chi connectivity index (χ3n) is 4.76. The number of benzene rings is 2. The van der Waals surface area contributed by atoms with Gasteiger partial charge < -0.3 is 10.2 Å². The molecule has 0 aliphatic heterocycles. The Morgan fingerprint density at radius 2 is 1.77 bits per heavy atom. The molecule has 0 fully saturated rings. The maximum atomic E-state index is 11.2. The topological polar surface area (TPSA) is 84.2 Å². The Kier molecular flexibility index (Phi) is 7.19. The second kappa shape index (κ2) is 10.0. The number of anilines is 3. The molecule has 30 heavy (non-hydrogen) atoms. The van der Waals surface area contributed by atoms with E-state index in [1.807, 2.05) is 24.3 Å². The normalized spacial score (nSPS) is 10.6. The maximum absolute atomic E-state index is 11.2. The van der Waals surface area contributed by atoms with Crippen LogP contribution in [0.4, 0.5) is 23.1 Å². The van der Waals surface area contributed by atoms with E-state index in [0.717, 1.165) is 37.4 Å². The van der Waals surface area contributed by atoms with Crippen molar-refractivity contribution in [2.24, 2.45) is 0 Å². The summed E-state index contributed by atoms with van der Waals surface area (Å²) in [6.45, 7) is 5.78. The number of nitro groups is 1. The number of hydrogen-bond donors (Lipinski definition) is 1. The third kappa shape index (κ3) is 5.45. The van der Waals surface area contributed by atoms with Crippen molar-refractivity contribution in [3.05, 3.63) is 81.0 Å². The molecule has 156 valence electrons. The summed E-state index contributed by atoms with van der Waals surface area (Å²) in [5.74, 6) is 1.23. The van der Waals surface area contributed by atoms with E-state index in [9.17, 15) is 10.1 Å². The number of nitro benzene ring substituents is 1. The number of aromatic nitrogens is 2. The smallest absolute Gasteiger partial charge is 0.289 e. The highest BCUT2D eigenvalue weighted by atomic mass is 35.5. The Morgan fingerprint density at radius 1 is 1.03 bits per heavy atom. The van der Waals surface area contributed by atoms with Crippen molar-refractivity contribution in [1.29, 1.82) is 0 Å². The van der Waals surface area contributed by atoms with Crippen LogP contribution in [0.25, 0.3) is 0 Å². The molecule has 1 aromatic heterocycles. The van der Waals surface area contributed by atoms with Crippen LogP contribution in [0.15, 0.2) is 54.6 Å². The van der Waals surface area contributed by atoms with E-state index >= 15 is 0 Å². The highest BCUT2D eigenvalue weighted by Gasteiger charge is 2.15. The minimum atomic E-state index is -0.508. The van der Waals surface area contributed by atoms with E-state index < -0.39 is 4.92 Å². The van der Waals surface area contributed by atoms with Crippen LogP contribution in [0, 0.1) is 10.1 Å². The van der Waals surface area contributed by atoms with Crippen LogP contribution < -0.4 is 10.2 Å². The van der Waals surface area contributed by atoms with Crippen LogP contribution >= 0.6 is 11.6 Å². The Morgan fingerprint density at radius 3 is 2.43 bits per heavy atom. The first-order valence-electron chi connectivity index (χ1n) is 9.88. The summed E-state index contributed by atoms with van der Waals surface area (Å²) >= 11 is 5.92. The molecule has 0 unspecified atom stereocenters. The number of rotatable bonds is 9. The second-order valence-corrected chi connectivity index (χ2v) is 7.15. The minimum absolute atomic E-state index is 0.0897. The molecule has 0 amide bonds. The Labute approximate surface area is 180 Å². The predicted octanol–water partition coefficient (Wildman–Crippen LogP) is 5.41. The highest BCUT2D eigenvalue weighted by Crippen LogP contribution is 2.29. The zero-order valence-corrected chi connectivity index (χ0v) is 17.8. The summed E-state index contributed by atoms with van der Waals surface area (Å²) in [6, 6.07) is 16.8. The second-order valence-electron chi connectivity index (χ2n) is 6.75. The van der Waals surface area contributed by atoms with Crippen LogP contribution in [-0.2, 0) is 12.8 Å². The molecule has 7 nitrogen and oxygen atoms in total. The van der Waals surface area contributed by atoms with Gasteiger partial charge in [-0.3, -0.25) is 10.1 Å². The van der Waals surface area contributed by atoms with Gasteiger partial charge in [-0.25, -0.2) is 4.98 Å². The van der Waals surface area contributed by atoms with Crippen LogP contribution in [0.1, 0.15) is 25.1 Å². The summed E-state index contributed by atoms with van der Waals surface area (Å²) in [7, 11) is 0. The molecular formula is C22H24ClN5O2. The molecule has 0 bridgehead atoms. The van der Waals surface area contributed by atoms with Crippen LogP contribution in [0.5, 0.6) is 0 Å². The van der Waals surface area contributed by atoms with E-state index in [4.69, 9.17) is 11.6 Å². The number of nitrogens with zero attached hydrogens (tertiary/aromatic N) is 4. The van der Waals surface area contributed by atoms with E-state index in [1.165, 1.54) is 17.7 Å². The SMILES string of the molecule is CCN(CC)c1cc(CCc2ccccc2)nc(Nc2ccc(Cl)c([N+](=O)[O-])c2)n1. The highest BCUT2D eigenvalue weighted by molar-refractivity contribution is 6.32. The summed E-state index contributed by atoms with van der Waals surface area (Å²) in [5.41, 5.74) is 2.49. The summed E-state index contributed by atoms with van der Waals surface area (Å²) < 4.78 is 0. The van der Waals surface area contributed by atoms with Gasteiger partial charge in [0, 0.05) is 36.6 Å². The molecule has 0 atom stereocenters. The molecule has 1 N–H and O–H groups in total. The van der Waals surface area contributed by atoms with Crippen molar-refractivity contribution in [1.82, 2.24) is 9.97 Å². The van der Waals surface area contributed by atoms with Crippen molar-refractivity contribution in [3.63, 3.8) is 0 Å². The molecule has 2 aromatic carbocycles. The van der Waals surface area contributed by atoms with Crippen molar-refractivity contribution < 1.29 is 4.92 Å². The number of aryl methyl sites for hydroxylation is 2. The van der Waals surface area contributed by atoms with E-state index in [2.05, 4.69) is 46.2 Å². The molecule has 0 aliphatic carbocycles. The Bertz CT molecular complexity index is 1010.